The van der Waals surface area contributed by atoms with Crippen LogP contribution in [0.2, 0.25) is 0 Å². The molecule has 0 radical (unpaired) electrons. The number of likely N-dealkylation sites (N-methyl/N-ethyl adjacent to an activating group) is 1. The molecule has 1 saturated carbocycles. The zero-order valence-electron chi connectivity index (χ0n) is 25.3. The highest BCUT2D eigenvalue weighted by atomic mass is 16.6. The second-order valence-electron chi connectivity index (χ2n) is 11.6. The minimum Gasteiger partial charge on any atom is -0.373 e. The molecule has 4 atom stereocenters. The lowest BCUT2D eigenvalue weighted by Gasteiger charge is -2.45. The summed E-state index contributed by atoms with van der Waals surface area (Å²) >= 11 is 0. The van der Waals surface area contributed by atoms with Crippen molar-refractivity contribution in [1.29, 1.82) is 0 Å². The molecule has 1 aliphatic rings. The molecule has 3 rings (SSSR count). The summed E-state index contributed by atoms with van der Waals surface area (Å²) in [6.07, 6.45) is 14.2. The van der Waals surface area contributed by atoms with Crippen LogP contribution in [-0.4, -0.2) is 42.5 Å². The van der Waals surface area contributed by atoms with Crippen molar-refractivity contribution in [2.75, 3.05) is 13.7 Å². The van der Waals surface area contributed by atoms with E-state index in [4.69, 9.17) is 14.2 Å². The highest BCUT2D eigenvalue weighted by Gasteiger charge is 2.53. The molecule has 1 unspecified atom stereocenters. The van der Waals surface area contributed by atoms with Crippen LogP contribution < -0.4 is 0 Å². The topological polar surface area (TPSA) is 30.9 Å². The van der Waals surface area contributed by atoms with Crippen molar-refractivity contribution < 1.29 is 14.2 Å². The third-order valence-corrected chi connectivity index (χ3v) is 8.46. The van der Waals surface area contributed by atoms with Gasteiger partial charge in [0.1, 0.15) is 6.10 Å². The molecule has 0 amide bonds. The summed E-state index contributed by atoms with van der Waals surface area (Å²) in [5.41, 5.74) is 1.94. The second-order valence-corrected chi connectivity index (χ2v) is 11.6. The summed E-state index contributed by atoms with van der Waals surface area (Å²) in [7, 11) is 2.26. The Morgan fingerprint density at radius 1 is 0.769 bits per heavy atom. The van der Waals surface area contributed by atoms with Crippen LogP contribution in [0, 0.1) is 0 Å². The monoisotopic (exact) mass is 537 g/mol. The maximum Gasteiger partial charge on any atom is 0.150 e. The van der Waals surface area contributed by atoms with E-state index < -0.39 is 5.72 Å². The molecule has 0 bridgehead atoms. The van der Waals surface area contributed by atoms with Crippen LogP contribution in [0.5, 0.6) is 0 Å². The molecule has 4 nitrogen and oxygen atoms in total. The fourth-order valence-electron chi connectivity index (χ4n) is 5.86. The predicted molar refractivity (Wildman–Crippen MR) is 163 cm³/mol. The van der Waals surface area contributed by atoms with Crippen LogP contribution in [0.1, 0.15) is 109 Å². The van der Waals surface area contributed by atoms with Gasteiger partial charge in [-0.15, -0.1) is 0 Å². The summed E-state index contributed by atoms with van der Waals surface area (Å²) in [6, 6.07) is 21.5. The van der Waals surface area contributed by atoms with Crippen LogP contribution in [0.3, 0.4) is 0 Å². The van der Waals surface area contributed by atoms with Gasteiger partial charge in [0.15, 0.2) is 5.72 Å². The summed E-state index contributed by atoms with van der Waals surface area (Å²) in [5, 5.41) is 0. The first kappa shape index (κ1) is 31.8. The fourth-order valence-corrected chi connectivity index (χ4v) is 5.86. The normalized spacial score (nSPS) is 22.0. The van der Waals surface area contributed by atoms with E-state index in [1.165, 1.54) is 68.9 Å². The summed E-state index contributed by atoms with van der Waals surface area (Å²) in [6.45, 7) is 8.91. The molecule has 2 aromatic rings. The average Bonchev–Trinajstić information content (AvgIpc) is 3.33. The SMILES string of the molecule is CCCCCCCO[C@]1(N(C)C(C)CCCCCC)C[C@H](OCc2ccccc2)C[C@@H]1OCc1ccccc1. The van der Waals surface area contributed by atoms with Gasteiger partial charge in [-0.2, -0.15) is 0 Å². The van der Waals surface area contributed by atoms with Crippen LogP contribution in [0.25, 0.3) is 0 Å². The Labute approximate surface area is 239 Å². The van der Waals surface area contributed by atoms with Gasteiger partial charge in [-0.05, 0) is 37.9 Å². The number of rotatable bonds is 20. The lowest BCUT2D eigenvalue weighted by Crippen LogP contribution is -2.58. The molecule has 0 heterocycles. The van der Waals surface area contributed by atoms with Gasteiger partial charge in [0.05, 0.1) is 19.3 Å². The molecule has 0 aromatic heterocycles. The van der Waals surface area contributed by atoms with E-state index in [0.717, 1.165) is 25.9 Å². The molecular formula is C35H55NO3. The number of nitrogens with zero attached hydrogens (tertiary/aromatic N) is 1. The van der Waals surface area contributed by atoms with Crippen LogP contribution in [-0.2, 0) is 27.4 Å². The smallest absolute Gasteiger partial charge is 0.150 e. The predicted octanol–water partition coefficient (Wildman–Crippen LogP) is 8.93. The van der Waals surface area contributed by atoms with Crippen LogP contribution >= 0.6 is 0 Å². The fraction of sp³-hybridized carbons (Fsp3) is 0.657. The Hall–Kier alpha value is -1.72. The molecule has 0 aliphatic heterocycles. The molecule has 218 valence electrons. The van der Waals surface area contributed by atoms with Crippen molar-refractivity contribution in [2.45, 2.75) is 135 Å². The lowest BCUT2D eigenvalue weighted by atomic mass is 10.0. The lowest BCUT2D eigenvalue weighted by molar-refractivity contribution is -0.221. The van der Waals surface area contributed by atoms with Crippen molar-refractivity contribution in [2.24, 2.45) is 0 Å². The first-order valence-electron chi connectivity index (χ1n) is 15.8. The first-order chi connectivity index (χ1) is 19.1. The molecule has 0 spiro atoms. The Morgan fingerprint density at radius 3 is 1.95 bits per heavy atom. The minimum absolute atomic E-state index is 0.0442. The van der Waals surface area contributed by atoms with E-state index >= 15 is 0 Å². The Balaban J connectivity index is 1.76. The number of ether oxygens (including phenoxy) is 3. The molecule has 0 saturated heterocycles. The van der Waals surface area contributed by atoms with Gasteiger partial charge in [0.2, 0.25) is 0 Å². The highest BCUT2D eigenvalue weighted by Crippen LogP contribution is 2.42. The average molecular weight is 538 g/mol. The largest absolute Gasteiger partial charge is 0.373 e. The molecule has 2 aromatic carbocycles. The van der Waals surface area contributed by atoms with Gasteiger partial charge in [-0.3, -0.25) is 4.90 Å². The Kier molecular flexibility index (Phi) is 14.6. The number of hydrogen-bond donors (Lipinski definition) is 0. The second kappa shape index (κ2) is 17.9. The molecule has 1 aliphatic carbocycles. The van der Waals surface area contributed by atoms with Crippen molar-refractivity contribution in [1.82, 2.24) is 4.90 Å². The molecule has 39 heavy (non-hydrogen) atoms. The zero-order chi connectivity index (χ0) is 27.8. The van der Waals surface area contributed by atoms with Crippen molar-refractivity contribution in [3.05, 3.63) is 71.8 Å². The summed E-state index contributed by atoms with van der Waals surface area (Å²) in [4.78, 5) is 2.51. The molecule has 1 fully saturated rings. The maximum atomic E-state index is 6.99. The van der Waals surface area contributed by atoms with Gasteiger partial charge >= 0.3 is 0 Å². The number of unbranched alkanes of at least 4 members (excludes halogenated alkanes) is 7. The van der Waals surface area contributed by atoms with E-state index in [0.29, 0.717) is 19.3 Å². The standard InChI is InChI=1S/C35H55NO3/c1-5-7-9-11-19-25-39-35(36(4)30(3)20-14-10-8-6-2)27-33(37-28-31-21-15-12-16-22-31)26-34(35)38-29-32-23-17-13-18-24-32/h12-13,15-18,21-24,30,33-34H,5-11,14,19-20,25-29H2,1-4H3/t30?,33-,34+,35-/m1/s1. The van der Waals surface area contributed by atoms with Gasteiger partial charge in [0, 0.05) is 25.5 Å². The van der Waals surface area contributed by atoms with E-state index in [-0.39, 0.29) is 12.2 Å². The highest BCUT2D eigenvalue weighted by molar-refractivity contribution is 5.15. The maximum absolute atomic E-state index is 6.99. The molecule has 4 heteroatoms. The van der Waals surface area contributed by atoms with E-state index in [2.05, 4.69) is 93.4 Å². The van der Waals surface area contributed by atoms with E-state index in [1.807, 2.05) is 0 Å². The zero-order valence-corrected chi connectivity index (χ0v) is 25.3. The van der Waals surface area contributed by atoms with Crippen molar-refractivity contribution in [3.8, 4) is 0 Å². The van der Waals surface area contributed by atoms with Gasteiger partial charge in [-0.1, -0.05) is 126 Å². The van der Waals surface area contributed by atoms with Crippen molar-refractivity contribution >= 4 is 0 Å². The molecule has 0 N–H and O–H groups in total. The summed E-state index contributed by atoms with van der Waals surface area (Å²) < 4.78 is 20.3. The van der Waals surface area contributed by atoms with E-state index in [1.54, 1.807) is 0 Å². The quantitative estimate of drug-likeness (QED) is 0.125. The summed E-state index contributed by atoms with van der Waals surface area (Å²) in [5.74, 6) is 0. The third kappa shape index (κ3) is 10.3. The third-order valence-electron chi connectivity index (χ3n) is 8.46. The minimum atomic E-state index is -0.481. The van der Waals surface area contributed by atoms with Crippen LogP contribution in [0.15, 0.2) is 60.7 Å². The van der Waals surface area contributed by atoms with Crippen molar-refractivity contribution in [3.63, 3.8) is 0 Å². The van der Waals surface area contributed by atoms with Gasteiger partial charge in [0.25, 0.3) is 0 Å². The van der Waals surface area contributed by atoms with Crippen LogP contribution in [0.4, 0.5) is 0 Å². The number of benzene rings is 2. The van der Waals surface area contributed by atoms with Gasteiger partial charge in [-0.25, -0.2) is 0 Å². The first-order valence-corrected chi connectivity index (χ1v) is 15.8. The van der Waals surface area contributed by atoms with Gasteiger partial charge < -0.3 is 14.2 Å². The number of hydrogen-bond acceptors (Lipinski definition) is 4. The Morgan fingerprint density at radius 2 is 1.33 bits per heavy atom. The molecular weight excluding hydrogens is 482 g/mol. The van der Waals surface area contributed by atoms with E-state index in [9.17, 15) is 0 Å². The Bertz CT molecular complexity index is 876.